The van der Waals surface area contributed by atoms with Gasteiger partial charge in [0.1, 0.15) is 11.3 Å². The Hall–Kier alpha value is -3.86. The van der Waals surface area contributed by atoms with Crippen molar-refractivity contribution in [3.8, 4) is 16.9 Å². The number of hydrogen-bond donors (Lipinski definition) is 0. The van der Waals surface area contributed by atoms with Crippen LogP contribution >= 0.6 is 0 Å². The molecule has 1 aliphatic carbocycles. The fourth-order valence-corrected chi connectivity index (χ4v) is 5.15. The van der Waals surface area contributed by atoms with E-state index in [0.29, 0.717) is 0 Å². The van der Waals surface area contributed by atoms with E-state index in [4.69, 9.17) is 4.74 Å². The average molecular weight is 399 g/mol. The SMILES string of the molecule is BC1(n2nnc3ccccc32)C=Cc2c3c(c4ccccc4c2O1)-c1ccccc1C3. The normalized spacial score (nSPS) is 18.6. The van der Waals surface area contributed by atoms with Gasteiger partial charge in [0.25, 0.3) is 0 Å². The van der Waals surface area contributed by atoms with E-state index in [1.165, 1.54) is 33.2 Å². The summed E-state index contributed by atoms with van der Waals surface area (Å²) in [6, 6.07) is 25.3. The fraction of sp³-hybridized carbons (Fsp3) is 0.0769. The van der Waals surface area contributed by atoms with E-state index in [1.807, 2.05) is 36.8 Å². The first kappa shape index (κ1) is 16.9. The summed E-state index contributed by atoms with van der Waals surface area (Å²) in [5.41, 5.74) is 7.62. The van der Waals surface area contributed by atoms with Gasteiger partial charge < -0.3 is 4.74 Å². The van der Waals surface area contributed by atoms with E-state index in [2.05, 4.69) is 71.0 Å². The lowest BCUT2D eigenvalue weighted by Gasteiger charge is -2.34. The molecule has 1 atom stereocenters. The quantitative estimate of drug-likeness (QED) is 0.382. The first-order valence-electron chi connectivity index (χ1n) is 10.6. The third-order valence-electron chi connectivity index (χ3n) is 6.61. The Kier molecular flexibility index (Phi) is 3.19. The molecule has 4 aromatic carbocycles. The van der Waals surface area contributed by atoms with Crippen LogP contribution in [0.3, 0.4) is 0 Å². The van der Waals surface area contributed by atoms with E-state index in [1.54, 1.807) is 0 Å². The Bertz CT molecular complexity index is 1570. The Morgan fingerprint density at radius 3 is 2.61 bits per heavy atom. The van der Waals surface area contributed by atoms with Gasteiger partial charge in [0.2, 0.25) is 0 Å². The predicted molar refractivity (Wildman–Crippen MR) is 126 cm³/mol. The highest BCUT2D eigenvalue weighted by Crippen LogP contribution is 2.50. The minimum absolute atomic E-state index is 0.758. The number of nitrogens with zero attached hydrogens (tertiary/aromatic N) is 3. The Morgan fingerprint density at radius 2 is 1.68 bits per heavy atom. The zero-order valence-electron chi connectivity index (χ0n) is 17.0. The molecule has 0 amide bonds. The maximum Gasteiger partial charge on any atom is 0.194 e. The van der Waals surface area contributed by atoms with Gasteiger partial charge >= 0.3 is 0 Å². The molecule has 1 unspecified atom stereocenters. The molecule has 1 aliphatic heterocycles. The molecule has 7 rings (SSSR count). The third-order valence-corrected chi connectivity index (χ3v) is 6.61. The van der Waals surface area contributed by atoms with Crippen LogP contribution in [0, 0.1) is 0 Å². The molecule has 2 aliphatic rings. The molecule has 0 saturated heterocycles. The molecular formula is C26H18BN3O. The third kappa shape index (κ3) is 2.20. The van der Waals surface area contributed by atoms with Crippen LogP contribution in [0.25, 0.3) is 39.0 Å². The van der Waals surface area contributed by atoms with Crippen LogP contribution < -0.4 is 4.74 Å². The number of fused-ring (bicyclic) bond motifs is 9. The van der Waals surface area contributed by atoms with Crippen molar-refractivity contribution in [2.75, 3.05) is 0 Å². The number of aromatic nitrogens is 3. The van der Waals surface area contributed by atoms with Gasteiger partial charge in [0.15, 0.2) is 13.5 Å². The van der Waals surface area contributed by atoms with Crippen molar-refractivity contribution >= 4 is 35.7 Å². The van der Waals surface area contributed by atoms with Gasteiger partial charge in [0.05, 0.1) is 5.52 Å². The van der Waals surface area contributed by atoms with Crippen LogP contribution in [0.4, 0.5) is 0 Å². The number of hydrogen-bond acceptors (Lipinski definition) is 3. The first-order chi connectivity index (χ1) is 15.2. The predicted octanol–water partition coefficient (Wildman–Crippen LogP) is 4.50. The molecule has 5 aromatic rings. The molecule has 0 spiro atoms. The lowest BCUT2D eigenvalue weighted by Crippen LogP contribution is -2.41. The zero-order valence-corrected chi connectivity index (χ0v) is 17.0. The standard InChI is InChI=1S/C26H18BN3O/c27-26(30-23-12-6-5-11-22(23)28-29-30)14-13-20-21-15-16-7-1-2-8-17(16)24(21)18-9-3-4-10-19(18)25(20)31-26/h1-14H,15,27H2. The number of rotatable bonds is 1. The van der Waals surface area contributed by atoms with Gasteiger partial charge in [0, 0.05) is 10.9 Å². The first-order valence-corrected chi connectivity index (χ1v) is 10.6. The second kappa shape index (κ2) is 5.85. The molecule has 146 valence electrons. The Labute approximate surface area is 180 Å². The van der Waals surface area contributed by atoms with Crippen LogP contribution in [0.15, 0.2) is 78.9 Å². The van der Waals surface area contributed by atoms with Crippen molar-refractivity contribution in [1.82, 2.24) is 15.0 Å². The second-order valence-electron chi connectivity index (χ2n) is 8.46. The van der Waals surface area contributed by atoms with Crippen LogP contribution in [-0.2, 0) is 12.0 Å². The van der Waals surface area contributed by atoms with Crippen LogP contribution in [0.5, 0.6) is 5.75 Å². The van der Waals surface area contributed by atoms with Crippen LogP contribution in [0.1, 0.15) is 16.7 Å². The molecule has 2 heterocycles. The largest absolute Gasteiger partial charge is 0.470 e. The highest BCUT2D eigenvalue weighted by Gasteiger charge is 2.36. The summed E-state index contributed by atoms with van der Waals surface area (Å²) < 4.78 is 8.66. The molecule has 31 heavy (non-hydrogen) atoms. The monoisotopic (exact) mass is 399 g/mol. The zero-order chi connectivity index (χ0) is 20.6. The van der Waals surface area contributed by atoms with Gasteiger partial charge in [-0.25, -0.2) is 4.68 Å². The van der Waals surface area contributed by atoms with Gasteiger partial charge in [-0.1, -0.05) is 65.9 Å². The van der Waals surface area contributed by atoms with E-state index >= 15 is 0 Å². The van der Waals surface area contributed by atoms with E-state index in [9.17, 15) is 0 Å². The summed E-state index contributed by atoms with van der Waals surface area (Å²) in [5, 5.41) is 11.2. The van der Waals surface area contributed by atoms with Crippen molar-refractivity contribution in [3.63, 3.8) is 0 Å². The average Bonchev–Trinajstić information content (AvgIpc) is 3.42. The summed E-state index contributed by atoms with van der Waals surface area (Å²) in [6.45, 7) is 0. The summed E-state index contributed by atoms with van der Waals surface area (Å²) >= 11 is 0. The molecule has 0 fully saturated rings. The Morgan fingerprint density at radius 1 is 0.903 bits per heavy atom. The summed E-state index contributed by atoms with van der Waals surface area (Å²) in [7, 11) is 2.05. The van der Waals surface area contributed by atoms with Crippen molar-refractivity contribution in [2.45, 2.75) is 12.0 Å². The lowest BCUT2D eigenvalue weighted by atomic mass is 9.84. The van der Waals surface area contributed by atoms with E-state index in [-0.39, 0.29) is 0 Å². The highest BCUT2D eigenvalue weighted by atomic mass is 16.5. The maximum atomic E-state index is 6.78. The maximum absolute atomic E-state index is 6.78. The molecule has 0 radical (unpaired) electrons. The number of para-hydroxylation sites is 1. The number of ether oxygens (including phenoxy) is 1. The van der Waals surface area contributed by atoms with E-state index in [0.717, 1.165) is 28.6 Å². The smallest absolute Gasteiger partial charge is 0.194 e. The molecule has 0 saturated carbocycles. The molecule has 4 nitrogen and oxygen atoms in total. The molecule has 1 aromatic heterocycles. The summed E-state index contributed by atoms with van der Waals surface area (Å²) in [5.74, 6) is 0.923. The lowest BCUT2D eigenvalue weighted by molar-refractivity contribution is 0.120. The van der Waals surface area contributed by atoms with Crippen LogP contribution in [0.2, 0.25) is 0 Å². The Balaban J connectivity index is 1.49. The van der Waals surface area contributed by atoms with Gasteiger partial charge in [-0.05, 0) is 58.3 Å². The van der Waals surface area contributed by atoms with Crippen molar-refractivity contribution < 1.29 is 4.74 Å². The summed E-state index contributed by atoms with van der Waals surface area (Å²) in [6.07, 6.45) is 5.25. The van der Waals surface area contributed by atoms with Gasteiger partial charge in [-0.3, -0.25) is 0 Å². The molecule has 0 N–H and O–H groups in total. The van der Waals surface area contributed by atoms with Gasteiger partial charge in [-0.2, -0.15) is 0 Å². The molecular weight excluding hydrogens is 381 g/mol. The van der Waals surface area contributed by atoms with Crippen molar-refractivity contribution in [1.29, 1.82) is 0 Å². The molecule has 5 heteroatoms. The van der Waals surface area contributed by atoms with Crippen LogP contribution in [-0.4, -0.2) is 22.8 Å². The minimum Gasteiger partial charge on any atom is -0.470 e. The molecule has 0 bridgehead atoms. The van der Waals surface area contributed by atoms with Gasteiger partial charge in [-0.15, -0.1) is 5.10 Å². The van der Waals surface area contributed by atoms with Crippen molar-refractivity contribution in [3.05, 3.63) is 95.6 Å². The van der Waals surface area contributed by atoms with E-state index < -0.39 is 5.62 Å². The minimum atomic E-state index is -0.758. The fourth-order valence-electron chi connectivity index (χ4n) is 5.15. The van der Waals surface area contributed by atoms with Crippen molar-refractivity contribution in [2.24, 2.45) is 0 Å². The number of benzene rings is 4. The topological polar surface area (TPSA) is 39.9 Å². The highest BCUT2D eigenvalue weighted by molar-refractivity contribution is 6.16. The summed E-state index contributed by atoms with van der Waals surface area (Å²) in [4.78, 5) is 0. The second-order valence-corrected chi connectivity index (χ2v) is 8.46.